The van der Waals surface area contributed by atoms with Gasteiger partial charge in [-0.05, 0) is 48.9 Å². The lowest BCUT2D eigenvalue weighted by Crippen LogP contribution is -2.32. The minimum Gasteiger partial charge on any atom is -0.406 e. The maximum Gasteiger partial charge on any atom is 0.573 e. The molecule has 1 aromatic heterocycles. The fourth-order valence-electron chi connectivity index (χ4n) is 2.80. The van der Waals surface area contributed by atoms with Crippen molar-refractivity contribution < 1.29 is 27.5 Å². The number of urea groups is 1. The van der Waals surface area contributed by atoms with Gasteiger partial charge < -0.3 is 15.0 Å². The van der Waals surface area contributed by atoms with Crippen LogP contribution in [0, 0.1) is 0 Å². The van der Waals surface area contributed by atoms with Crippen LogP contribution in [0.15, 0.2) is 42.6 Å². The first-order chi connectivity index (χ1) is 13.3. The molecule has 2 aromatic rings. The van der Waals surface area contributed by atoms with E-state index in [4.69, 9.17) is 0 Å². The first-order valence-corrected chi connectivity index (χ1v) is 8.43. The van der Waals surface area contributed by atoms with E-state index in [1.54, 1.807) is 18.3 Å². The molecular weight excluding hydrogens is 377 g/mol. The number of benzene rings is 1. The smallest absolute Gasteiger partial charge is 0.406 e. The highest BCUT2D eigenvalue weighted by Gasteiger charge is 2.37. The molecule has 1 aromatic carbocycles. The number of amides is 3. The predicted octanol–water partition coefficient (Wildman–Crippen LogP) is 3.38. The van der Waals surface area contributed by atoms with E-state index in [2.05, 4.69) is 15.0 Å². The van der Waals surface area contributed by atoms with Gasteiger partial charge in [0, 0.05) is 19.3 Å². The van der Waals surface area contributed by atoms with Gasteiger partial charge in [-0.2, -0.15) is 0 Å². The minimum atomic E-state index is -4.81. The van der Waals surface area contributed by atoms with Crippen molar-refractivity contribution >= 4 is 23.4 Å². The van der Waals surface area contributed by atoms with Crippen molar-refractivity contribution in [1.29, 1.82) is 0 Å². The minimum absolute atomic E-state index is 0.126. The van der Waals surface area contributed by atoms with Crippen molar-refractivity contribution in [3.05, 3.63) is 48.2 Å². The van der Waals surface area contributed by atoms with Crippen LogP contribution in [0.2, 0.25) is 0 Å². The maximum atomic E-state index is 12.6. The fraction of sp³-hybridized carbons (Fsp3) is 0.278. The van der Waals surface area contributed by atoms with E-state index < -0.39 is 24.1 Å². The Hall–Kier alpha value is -3.30. The summed E-state index contributed by atoms with van der Waals surface area (Å²) in [6.45, 7) is 2.70. The molecule has 1 aliphatic heterocycles. The number of alkyl halides is 3. The SMILES string of the molecule is CCNc1cc(CN2CC(=O)N(c3ccc(OC(F)(F)F)cc3)C2=O)ccn1. The summed E-state index contributed by atoms with van der Waals surface area (Å²) in [4.78, 5) is 31.4. The number of imide groups is 1. The second-order valence-electron chi connectivity index (χ2n) is 5.99. The highest BCUT2D eigenvalue weighted by molar-refractivity contribution is 6.19. The van der Waals surface area contributed by atoms with Crippen molar-refractivity contribution in [3.63, 3.8) is 0 Å². The van der Waals surface area contributed by atoms with Crippen LogP contribution in [-0.4, -0.2) is 41.3 Å². The van der Waals surface area contributed by atoms with Crippen LogP contribution < -0.4 is 15.0 Å². The van der Waals surface area contributed by atoms with Crippen molar-refractivity contribution in [3.8, 4) is 5.75 Å². The quantitative estimate of drug-likeness (QED) is 0.761. The molecule has 0 spiro atoms. The standard InChI is InChI=1S/C18H17F3N4O3/c1-2-22-15-9-12(7-8-23-15)10-24-11-16(26)25(17(24)27)13-3-5-14(6-4-13)28-18(19,20)21/h3-9H,2,10-11H2,1H3,(H,22,23). The molecule has 28 heavy (non-hydrogen) atoms. The van der Waals surface area contributed by atoms with Gasteiger partial charge in [-0.15, -0.1) is 13.2 Å². The Balaban J connectivity index is 1.72. The summed E-state index contributed by atoms with van der Waals surface area (Å²) in [7, 11) is 0. The third-order valence-corrected chi connectivity index (χ3v) is 3.92. The molecule has 3 rings (SSSR count). The number of pyridine rings is 1. The van der Waals surface area contributed by atoms with Gasteiger partial charge in [0.15, 0.2) is 0 Å². The molecule has 0 atom stereocenters. The molecule has 1 N–H and O–H groups in total. The Bertz CT molecular complexity index is 871. The lowest BCUT2D eigenvalue weighted by molar-refractivity contribution is -0.274. The van der Waals surface area contributed by atoms with Crippen LogP contribution >= 0.6 is 0 Å². The molecule has 148 valence electrons. The normalized spacial score (nSPS) is 14.6. The molecular formula is C18H17F3N4O3. The van der Waals surface area contributed by atoms with Crippen molar-refractivity contribution in [2.75, 3.05) is 23.3 Å². The summed E-state index contributed by atoms with van der Waals surface area (Å²) in [5, 5.41) is 3.06. The molecule has 2 heterocycles. The molecule has 0 aliphatic carbocycles. The Labute approximate surface area is 158 Å². The van der Waals surface area contributed by atoms with Crippen LogP contribution in [0.1, 0.15) is 12.5 Å². The molecule has 1 aliphatic rings. The van der Waals surface area contributed by atoms with Gasteiger partial charge in [-0.1, -0.05) is 0 Å². The molecule has 3 amide bonds. The molecule has 10 heteroatoms. The average molecular weight is 394 g/mol. The third kappa shape index (κ3) is 4.51. The second-order valence-corrected chi connectivity index (χ2v) is 5.99. The van der Waals surface area contributed by atoms with E-state index in [1.807, 2.05) is 6.92 Å². The largest absolute Gasteiger partial charge is 0.573 e. The van der Waals surface area contributed by atoms with Crippen LogP contribution in [0.5, 0.6) is 5.75 Å². The fourth-order valence-corrected chi connectivity index (χ4v) is 2.80. The number of aromatic nitrogens is 1. The highest BCUT2D eigenvalue weighted by Crippen LogP contribution is 2.28. The zero-order valence-electron chi connectivity index (χ0n) is 14.9. The van der Waals surface area contributed by atoms with Gasteiger partial charge in [0.2, 0.25) is 0 Å². The topological polar surface area (TPSA) is 74.8 Å². The van der Waals surface area contributed by atoms with Gasteiger partial charge in [0.25, 0.3) is 5.91 Å². The monoisotopic (exact) mass is 394 g/mol. The Morgan fingerprint density at radius 2 is 1.89 bits per heavy atom. The van der Waals surface area contributed by atoms with E-state index >= 15 is 0 Å². The Morgan fingerprint density at radius 3 is 2.54 bits per heavy atom. The summed E-state index contributed by atoms with van der Waals surface area (Å²) in [6.07, 6.45) is -3.21. The molecule has 0 unspecified atom stereocenters. The van der Waals surface area contributed by atoms with E-state index in [0.717, 1.165) is 22.6 Å². The zero-order chi connectivity index (χ0) is 20.3. The highest BCUT2D eigenvalue weighted by atomic mass is 19.4. The first kappa shape index (κ1) is 19.5. The van der Waals surface area contributed by atoms with Gasteiger partial charge in [0.1, 0.15) is 18.1 Å². The van der Waals surface area contributed by atoms with E-state index in [-0.39, 0.29) is 18.8 Å². The van der Waals surface area contributed by atoms with Crippen LogP contribution in [0.3, 0.4) is 0 Å². The van der Waals surface area contributed by atoms with Gasteiger partial charge >= 0.3 is 12.4 Å². The number of anilines is 2. The average Bonchev–Trinajstić information content (AvgIpc) is 2.89. The van der Waals surface area contributed by atoms with Gasteiger partial charge in [0.05, 0.1) is 5.69 Å². The van der Waals surface area contributed by atoms with Crippen LogP contribution in [0.4, 0.5) is 29.5 Å². The summed E-state index contributed by atoms with van der Waals surface area (Å²) in [5.41, 5.74) is 0.970. The molecule has 1 saturated heterocycles. The predicted molar refractivity (Wildman–Crippen MR) is 94.8 cm³/mol. The second kappa shape index (κ2) is 7.75. The number of carbonyl (C=O) groups excluding carboxylic acids is 2. The van der Waals surface area contributed by atoms with E-state index in [1.165, 1.54) is 17.0 Å². The number of hydrogen-bond acceptors (Lipinski definition) is 5. The van der Waals surface area contributed by atoms with E-state index in [9.17, 15) is 22.8 Å². The molecule has 0 bridgehead atoms. The Morgan fingerprint density at radius 1 is 1.18 bits per heavy atom. The van der Waals surface area contributed by atoms with Crippen molar-refractivity contribution in [2.24, 2.45) is 0 Å². The summed E-state index contributed by atoms with van der Waals surface area (Å²) in [6, 6.07) is 7.55. The number of halogens is 3. The Kier molecular flexibility index (Phi) is 5.39. The number of carbonyl (C=O) groups is 2. The van der Waals surface area contributed by atoms with Crippen molar-refractivity contribution in [2.45, 2.75) is 19.8 Å². The summed E-state index contributed by atoms with van der Waals surface area (Å²) < 4.78 is 40.5. The van der Waals surface area contributed by atoms with Crippen LogP contribution in [0.25, 0.3) is 0 Å². The third-order valence-electron chi connectivity index (χ3n) is 3.92. The van der Waals surface area contributed by atoms with Gasteiger partial charge in [-0.3, -0.25) is 4.79 Å². The van der Waals surface area contributed by atoms with Crippen LogP contribution in [-0.2, 0) is 11.3 Å². The number of nitrogens with zero attached hydrogens (tertiary/aromatic N) is 3. The lowest BCUT2D eigenvalue weighted by Gasteiger charge is -2.18. The number of nitrogens with one attached hydrogen (secondary N) is 1. The van der Waals surface area contributed by atoms with Crippen molar-refractivity contribution in [1.82, 2.24) is 9.88 Å². The maximum absolute atomic E-state index is 12.6. The zero-order valence-corrected chi connectivity index (χ0v) is 14.9. The molecule has 0 radical (unpaired) electrons. The molecule has 0 saturated carbocycles. The first-order valence-electron chi connectivity index (χ1n) is 8.43. The summed E-state index contributed by atoms with van der Waals surface area (Å²) in [5.74, 6) is -0.231. The van der Waals surface area contributed by atoms with Gasteiger partial charge in [-0.25, -0.2) is 14.7 Å². The summed E-state index contributed by atoms with van der Waals surface area (Å²) >= 11 is 0. The number of rotatable bonds is 6. The molecule has 7 nitrogen and oxygen atoms in total. The number of ether oxygens (including phenoxy) is 1. The molecule has 1 fully saturated rings. The number of hydrogen-bond donors (Lipinski definition) is 1. The lowest BCUT2D eigenvalue weighted by atomic mass is 10.2. The van der Waals surface area contributed by atoms with E-state index in [0.29, 0.717) is 12.4 Å².